The van der Waals surface area contributed by atoms with Crippen molar-refractivity contribution in [3.63, 3.8) is 0 Å². The number of hydrogen-bond acceptors (Lipinski definition) is 4. The van der Waals surface area contributed by atoms with Gasteiger partial charge in [-0.1, -0.05) is 6.07 Å². The van der Waals surface area contributed by atoms with Crippen molar-refractivity contribution in [2.45, 2.75) is 25.5 Å². The first kappa shape index (κ1) is 13.9. The Kier molecular flexibility index (Phi) is 3.79. The van der Waals surface area contributed by atoms with E-state index in [1.54, 1.807) is 11.9 Å². The maximum absolute atomic E-state index is 11.9. The lowest BCUT2D eigenvalue weighted by Gasteiger charge is -2.26. The fourth-order valence-electron chi connectivity index (χ4n) is 2.52. The number of anilines is 1. The molecule has 0 radical (unpaired) electrons. The second kappa shape index (κ2) is 5.73. The van der Waals surface area contributed by atoms with Crippen molar-refractivity contribution in [3.8, 4) is 5.75 Å². The smallest absolute Gasteiger partial charge is 0.264 e. The molecule has 2 heterocycles. The lowest BCUT2D eigenvalue weighted by molar-refractivity contribution is -0.130. The predicted molar refractivity (Wildman–Crippen MR) is 76.2 cm³/mol. The number of carbonyl (C=O) groups excluding carboxylic acids is 2. The van der Waals surface area contributed by atoms with Gasteiger partial charge in [0.2, 0.25) is 5.91 Å². The first-order chi connectivity index (χ1) is 10.1. The number of carbonyl (C=O) groups is 2. The number of rotatable bonds is 3. The third-order valence-electron chi connectivity index (χ3n) is 3.80. The fraction of sp³-hybridized carbons (Fsp3) is 0.467. The van der Waals surface area contributed by atoms with Gasteiger partial charge in [-0.3, -0.25) is 9.59 Å². The first-order valence-electron chi connectivity index (χ1n) is 7.07. The lowest BCUT2D eigenvalue weighted by Crippen LogP contribution is -2.36. The van der Waals surface area contributed by atoms with E-state index < -0.39 is 0 Å². The Morgan fingerprint density at radius 2 is 2.33 bits per heavy atom. The topological polar surface area (TPSA) is 67.9 Å². The number of benzene rings is 1. The quantitative estimate of drug-likeness (QED) is 0.895. The van der Waals surface area contributed by atoms with E-state index >= 15 is 0 Å². The highest BCUT2D eigenvalue weighted by molar-refractivity contribution is 5.97. The minimum absolute atomic E-state index is 0.0681. The van der Waals surface area contributed by atoms with Crippen LogP contribution in [-0.2, 0) is 20.9 Å². The third-order valence-corrected chi connectivity index (χ3v) is 3.80. The van der Waals surface area contributed by atoms with Crippen LogP contribution in [-0.4, -0.2) is 38.2 Å². The normalized spacial score (nSPS) is 20.9. The number of ether oxygens (including phenoxy) is 2. The third kappa shape index (κ3) is 2.85. The Hall–Kier alpha value is -2.08. The summed E-state index contributed by atoms with van der Waals surface area (Å²) in [4.78, 5) is 25.1. The van der Waals surface area contributed by atoms with Crippen LogP contribution in [0.4, 0.5) is 5.69 Å². The Labute approximate surface area is 123 Å². The standard InChI is InChI=1S/C15H18N2O4/c1-17-11-7-10(4-5-12(11)21-9-14(17)18)8-16-15(19)13-3-2-6-20-13/h4-5,7,13H,2-3,6,8-9H2,1H3,(H,16,19). The molecule has 1 aromatic rings. The van der Waals surface area contributed by atoms with Gasteiger partial charge in [-0.25, -0.2) is 0 Å². The van der Waals surface area contributed by atoms with Gasteiger partial charge in [0.15, 0.2) is 6.61 Å². The summed E-state index contributed by atoms with van der Waals surface area (Å²) < 4.78 is 10.7. The zero-order valence-corrected chi connectivity index (χ0v) is 11.9. The summed E-state index contributed by atoms with van der Waals surface area (Å²) in [5.74, 6) is 0.528. The lowest BCUT2D eigenvalue weighted by atomic mass is 10.1. The molecular formula is C15H18N2O4. The molecule has 0 saturated carbocycles. The van der Waals surface area contributed by atoms with E-state index in [0.717, 1.165) is 24.1 Å². The average Bonchev–Trinajstić information content (AvgIpc) is 3.03. The van der Waals surface area contributed by atoms with Gasteiger partial charge in [-0.2, -0.15) is 0 Å². The summed E-state index contributed by atoms with van der Waals surface area (Å²) in [7, 11) is 1.72. The number of nitrogens with one attached hydrogen (secondary N) is 1. The van der Waals surface area contributed by atoms with Crippen molar-refractivity contribution in [1.82, 2.24) is 5.32 Å². The van der Waals surface area contributed by atoms with Crippen molar-refractivity contribution in [3.05, 3.63) is 23.8 Å². The van der Waals surface area contributed by atoms with E-state index in [9.17, 15) is 9.59 Å². The SMILES string of the molecule is CN1C(=O)COc2ccc(CNC(=O)C3CCCO3)cc21. The Bertz CT molecular complexity index is 567. The van der Waals surface area contributed by atoms with Gasteiger partial charge in [-0.15, -0.1) is 0 Å². The summed E-state index contributed by atoms with van der Waals surface area (Å²) in [5.41, 5.74) is 1.65. The molecule has 1 saturated heterocycles. The molecule has 21 heavy (non-hydrogen) atoms. The van der Waals surface area contributed by atoms with Crippen LogP contribution in [0.3, 0.4) is 0 Å². The monoisotopic (exact) mass is 290 g/mol. The van der Waals surface area contributed by atoms with Crippen molar-refractivity contribution in [1.29, 1.82) is 0 Å². The van der Waals surface area contributed by atoms with Crippen LogP contribution in [0.25, 0.3) is 0 Å². The summed E-state index contributed by atoms with van der Waals surface area (Å²) in [6.07, 6.45) is 1.39. The molecule has 0 aliphatic carbocycles. The van der Waals surface area contributed by atoms with E-state index in [4.69, 9.17) is 9.47 Å². The highest BCUT2D eigenvalue weighted by atomic mass is 16.5. The number of amides is 2. The predicted octanol–water partition coefficient (Wildman–Crippen LogP) is 0.837. The summed E-state index contributed by atoms with van der Waals surface area (Å²) in [6, 6.07) is 5.58. The molecule has 1 N–H and O–H groups in total. The number of likely N-dealkylation sites (N-methyl/N-ethyl adjacent to an activating group) is 1. The Morgan fingerprint density at radius 3 is 3.10 bits per heavy atom. The molecule has 2 aliphatic rings. The zero-order valence-electron chi connectivity index (χ0n) is 11.9. The van der Waals surface area contributed by atoms with Gasteiger partial charge in [0.25, 0.3) is 5.91 Å². The van der Waals surface area contributed by atoms with E-state index in [1.165, 1.54) is 0 Å². The average molecular weight is 290 g/mol. The van der Waals surface area contributed by atoms with Crippen LogP contribution in [0, 0.1) is 0 Å². The maximum Gasteiger partial charge on any atom is 0.264 e. The second-order valence-corrected chi connectivity index (χ2v) is 5.26. The van der Waals surface area contributed by atoms with Crippen molar-refractivity contribution in [2.75, 3.05) is 25.2 Å². The van der Waals surface area contributed by atoms with Gasteiger partial charge in [0.05, 0.1) is 5.69 Å². The van der Waals surface area contributed by atoms with Gasteiger partial charge in [0, 0.05) is 20.2 Å². The molecular weight excluding hydrogens is 272 g/mol. The summed E-state index contributed by atoms with van der Waals surface area (Å²) in [5, 5.41) is 2.87. The van der Waals surface area contributed by atoms with E-state index in [2.05, 4.69) is 5.32 Å². The van der Waals surface area contributed by atoms with E-state index in [-0.39, 0.29) is 24.5 Å². The minimum atomic E-state index is -0.324. The molecule has 6 nitrogen and oxygen atoms in total. The molecule has 112 valence electrons. The van der Waals surface area contributed by atoms with Crippen molar-refractivity contribution < 1.29 is 19.1 Å². The van der Waals surface area contributed by atoms with Crippen LogP contribution in [0.15, 0.2) is 18.2 Å². The van der Waals surface area contributed by atoms with Crippen molar-refractivity contribution >= 4 is 17.5 Å². The second-order valence-electron chi connectivity index (χ2n) is 5.26. The summed E-state index contributed by atoms with van der Waals surface area (Å²) >= 11 is 0. The Balaban J connectivity index is 1.66. The molecule has 1 atom stereocenters. The molecule has 0 aromatic heterocycles. The number of fused-ring (bicyclic) bond motifs is 1. The molecule has 3 rings (SSSR count). The van der Waals surface area contributed by atoms with Crippen LogP contribution in [0.1, 0.15) is 18.4 Å². The maximum atomic E-state index is 11.9. The van der Waals surface area contributed by atoms with E-state index in [0.29, 0.717) is 18.9 Å². The van der Waals surface area contributed by atoms with Gasteiger partial charge < -0.3 is 19.7 Å². The molecule has 0 bridgehead atoms. The molecule has 2 aliphatic heterocycles. The first-order valence-corrected chi connectivity index (χ1v) is 7.07. The molecule has 2 amide bonds. The molecule has 1 fully saturated rings. The van der Waals surface area contributed by atoms with Gasteiger partial charge >= 0.3 is 0 Å². The van der Waals surface area contributed by atoms with E-state index in [1.807, 2.05) is 18.2 Å². The molecule has 1 aromatic carbocycles. The zero-order chi connectivity index (χ0) is 14.8. The van der Waals surface area contributed by atoms with Gasteiger partial charge in [-0.05, 0) is 30.5 Å². The Morgan fingerprint density at radius 1 is 1.48 bits per heavy atom. The summed E-state index contributed by atoms with van der Waals surface area (Å²) in [6.45, 7) is 1.13. The van der Waals surface area contributed by atoms with Crippen LogP contribution >= 0.6 is 0 Å². The van der Waals surface area contributed by atoms with Crippen LogP contribution < -0.4 is 15.0 Å². The number of hydrogen-bond donors (Lipinski definition) is 1. The van der Waals surface area contributed by atoms with Crippen LogP contribution in [0.2, 0.25) is 0 Å². The van der Waals surface area contributed by atoms with Crippen LogP contribution in [0.5, 0.6) is 5.75 Å². The largest absolute Gasteiger partial charge is 0.482 e. The molecule has 6 heteroatoms. The molecule has 1 unspecified atom stereocenters. The highest BCUT2D eigenvalue weighted by Gasteiger charge is 2.24. The van der Waals surface area contributed by atoms with Crippen molar-refractivity contribution in [2.24, 2.45) is 0 Å². The fourth-order valence-corrected chi connectivity index (χ4v) is 2.52. The highest BCUT2D eigenvalue weighted by Crippen LogP contribution is 2.31. The number of nitrogens with zero attached hydrogens (tertiary/aromatic N) is 1. The molecule has 0 spiro atoms. The minimum Gasteiger partial charge on any atom is -0.482 e. The van der Waals surface area contributed by atoms with Gasteiger partial charge in [0.1, 0.15) is 11.9 Å².